The van der Waals surface area contributed by atoms with E-state index in [2.05, 4.69) is 10.5 Å². The molecule has 0 saturated heterocycles. The predicted molar refractivity (Wildman–Crippen MR) is 101 cm³/mol. The topological polar surface area (TPSA) is 106 Å². The highest BCUT2D eigenvalue weighted by Gasteiger charge is 2.35. The minimum absolute atomic E-state index is 0.0337. The molecule has 1 fully saturated rings. The van der Waals surface area contributed by atoms with Gasteiger partial charge in [-0.05, 0) is 37.5 Å². The molecule has 0 spiro atoms. The first-order valence-electron chi connectivity index (χ1n) is 8.60. The molecular formula is C18H19ClN2O5S. The number of carbonyl (C=O) groups is 2. The molecule has 0 radical (unpaired) electrons. The van der Waals surface area contributed by atoms with Crippen molar-refractivity contribution in [2.45, 2.75) is 26.2 Å². The van der Waals surface area contributed by atoms with E-state index in [0.29, 0.717) is 11.4 Å². The van der Waals surface area contributed by atoms with Gasteiger partial charge in [-0.3, -0.25) is 9.59 Å². The molecule has 0 atom stereocenters. The second-order valence-electron chi connectivity index (χ2n) is 6.49. The van der Waals surface area contributed by atoms with Crippen molar-refractivity contribution in [2.24, 2.45) is 5.92 Å². The number of aromatic nitrogens is 1. The summed E-state index contributed by atoms with van der Waals surface area (Å²) in [4.78, 5) is 25.3. The van der Waals surface area contributed by atoms with E-state index in [9.17, 15) is 18.0 Å². The third-order valence-corrected chi connectivity index (χ3v) is 6.06. The Bertz CT molecular complexity index is 979. The monoisotopic (exact) mass is 410 g/mol. The van der Waals surface area contributed by atoms with E-state index in [4.69, 9.17) is 16.1 Å². The molecular weight excluding hydrogens is 392 g/mol. The van der Waals surface area contributed by atoms with Crippen LogP contribution in [0.5, 0.6) is 0 Å². The van der Waals surface area contributed by atoms with Gasteiger partial charge in [0.2, 0.25) is 11.5 Å². The van der Waals surface area contributed by atoms with E-state index in [1.54, 1.807) is 6.92 Å². The zero-order valence-electron chi connectivity index (χ0n) is 14.7. The van der Waals surface area contributed by atoms with Gasteiger partial charge in [0.25, 0.3) is 0 Å². The van der Waals surface area contributed by atoms with Crippen molar-refractivity contribution < 1.29 is 22.5 Å². The Kier molecular flexibility index (Phi) is 5.67. The Morgan fingerprint density at radius 3 is 2.70 bits per heavy atom. The lowest BCUT2D eigenvalue weighted by molar-refractivity contribution is 0.0944. The van der Waals surface area contributed by atoms with Crippen LogP contribution in [0.25, 0.3) is 0 Å². The number of hydrogen-bond donors (Lipinski definition) is 1. The van der Waals surface area contributed by atoms with Gasteiger partial charge in [0, 0.05) is 22.2 Å². The van der Waals surface area contributed by atoms with E-state index < -0.39 is 15.6 Å². The highest BCUT2D eigenvalue weighted by Crippen LogP contribution is 2.34. The summed E-state index contributed by atoms with van der Waals surface area (Å²) in [6.07, 6.45) is 3.33. The lowest BCUT2D eigenvalue weighted by atomic mass is 10.0. The van der Waals surface area contributed by atoms with Gasteiger partial charge < -0.3 is 9.84 Å². The number of rotatable bonds is 9. The summed E-state index contributed by atoms with van der Waals surface area (Å²) in [5.74, 6) is -1.23. The summed E-state index contributed by atoms with van der Waals surface area (Å²) in [6, 6.07) is 4.45. The molecule has 7 nitrogen and oxygen atoms in total. The van der Waals surface area contributed by atoms with E-state index in [1.165, 1.54) is 24.4 Å². The van der Waals surface area contributed by atoms with Gasteiger partial charge >= 0.3 is 0 Å². The predicted octanol–water partition coefficient (Wildman–Crippen LogP) is 3.35. The molecule has 0 bridgehead atoms. The fourth-order valence-corrected chi connectivity index (χ4v) is 4.01. The molecule has 1 aromatic heterocycles. The molecule has 1 heterocycles. The maximum atomic E-state index is 12.9. The fourth-order valence-electron chi connectivity index (χ4n) is 2.70. The van der Waals surface area contributed by atoms with Crippen LogP contribution in [0.3, 0.4) is 0 Å². The number of ketones is 2. The summed E-state index contributed by atoms with van der Waals surface area (Å²) in [5, 5.41) is 6.70. The van der Waals surface area contributed by atoms with Crippen molar-refractivity contribution >= 4 is 38.7 Å². The molecule has 0 amide bonds. The minimum atomic E-state index is -3.32. The molecule has 27 heavy (non-hydrogen) atoms. The SMILES string of the molecule is CCCS(=O)(=O)CNc1cc(Cl)ccc1C(=O)c1oncc1C(=O)C1CC1. The Balaban J connectivity index is 1.89. The van der Waals surface area contributed by atoms with Crippen LogP contribution in [0.15, 0.2) is 28.9 Å². The Morgan fingerprint density at radius 2 is 2.04 bits per heavy atom. The quantitative estimate of drug-likeness (QED) is 0.631. The standard InChI is InChI=1S/C18H19ClN2O5S/c1-2-7-27(24,25)10-20-15-8-12(19)5-6-13(15)17(23)18-14(9-21-26-18)16(22)11-3-4-11/h5-6,8-9,11,20H,2-4,7,10H2,1H3. The van der Waals surface area contributed by atoms with Crippen LogP contribution >= 0.6 is 11.6 Å². The number of Topliss-reactive ketones (excluding diaryl/α,β-unsaturated/α-hetero) is 1. The van der Waals surface area contributed by atoms with Crippen LogP contribution in [0, 0.1) is 5.92 Å². The van der Waals surface area contributed by atoms with Gasteiger partial charge in [0.15, 0.2) is 15.6 Å². The van der Waals surface area contributed by atoms with Gasteiger partial charge in [-0.1, -0.05) is 23.7 Å². The van der Waals surface area contributed by atoms with Crippen LogP contribution in [-0.2, 0) is 9.84 Å². The molecule has 1 saturated carbocycles. The average Bonchev–Trinajstić information content (AvgIpc) is 3.35. The number of halogens is 1. The lowest BCUT2D eigenvalue weighted by Crippen LogP contribution is -2.19. The maximum absolute atomic E-state index is 12.9. The first kappa shape index (κ1) is 19.6. The second-order valence-corrected chi connectivity index (χ2v) is 9.12. The summed E-state index contributed by atoms with van der Waals surface area (Å²) < 4.78 is 29.0. The zero-order valence-corrected chi connectivity index (χ0v) is 16.3. The molecule has 2 aromatic rings. The minimum Gasteiger partial charge on any atom is -0.371 e. The molecule has 1 N–H and O–H groups in total. The summed E-state index contributed by atoms with van der Waals surface area (Å²) in [6.45, 7) is 1.77. The van der Waals surface area contributed by atoms with Crippen LogP contribution in [0.2, 0.25) is 5.02 Å². The molecule has 3 rings (SSSR count). The molecule has 1 aliphatic rings. The normalized spacial score (nSPS) is 14.1. The van der Waals surface area contributed by atoms with Gasteiger partial charge in [-0.15, -0.1) is 0 Å². The molecule has 1 aromatic carbocycles. The van der Waals surface area contributed by atoms with Crippen LogP contribution < -0.4 is 5.32 Å². The Morgan fingerprint density at radius 1 is 1.30 bits per heavy atom. The first-order chi connectivity index (χ1) is 12.8. The summed E-state index contributed by atoms with van der Waals surface area (Å²) in [7, 11) is -3.32. The number of nitrogens with zero attached hydrogens (tertiary/aromatic N) is 1. The Labute approximate surface area is 162 Å². The highest BCUT2D eigenvalue weighted by molar-refractivity contribution is 7.91. The lowest BCUT2D eigenvalue weighted by Gasteiger charge is -2.12. The third-order valence-electron chi connectivity index (χ3n) is 4.21. The smallest absolute Gasteiger partial charge is 0.233 e. The van der Waals surface area contributed by atoms with Crippen molar-refractivity contribution in [3.8, 4) is 0 Å². The van der Waals surface area contributed by atoms with Gasteiger partial charge in [-0.25, -0.2) is 8.42 Å². The molecule has 9 heteroatoms. The van der Waals surface area contributed by atoms with Gasteiger partial charge in [-0.2, -0.15) is 0 Å². The van der Waals surface area contributed by atoms with E-state index >= 15 is 0 Å². The third kappa shape index (κ3) is 4.56. The number of carbonyl (C=O) groups excluding carboxylic acids is 2. The number of hydrogen-bond acceptors (Lipinski definition) is 7. The van der Waals surface area contributed by atoms with Crippen LogP contribution in [0.4, 0.5) is 5.69 Å². The van der Waals surface area contributed by atoms with E-state index in [0.717, 1.165) is 12.8 Å². The van der Waals surface area contributed by atoms with Gasteiger partial charge in [0.05, 0.1) is 17.5 Å². The van der Waals surface area contributed by atoms with Crippen LogP contribution in [-0.4, -0.2) is 36.8 Å². The highest BCUT2D eigenvalue weighted by atomic mass is 35.5. The van der Waals surface area contributed by atoms with Crippen molar-refractivity contribution in [1.82, 2.24) is 5.16 Å². The molecule has 0 aliphatic heterocycles. The van der Waals surface area contributed by atoms with Gasteiger partial charge in [0.1, 0.15) is 5.88 Å². The molecule has 144 valence electrons. The number of nitrogens with one attached hydrogen (secondary N) is 1. The fraction of sp³-hybridized carbons (Fsp3) is 0.389. The number of benzene rings is 1. The Hall–Kier alpha value is -2.19. The van der Waals surface area contributed by atoms with E-state index in [1.807, 2.05) is 0 Å². The van der Waals surface area contributed by atoms with Crippen molar-refractivity contribution in [3.05, 3.63) is 46.3 Å². The largest absolute Gasteiger partial charge is 0.371 e. The van der Waals surface area contributed by atoms with E-state index in [-0.39, 0.29) is 45.9 Å². The summed E-state index contributed by atoms with van der Waals surface area (Å²) in [5.41, 5.74) is 0.572. The second kappa shape index (κ2) is 7.82. The zero-order chi connectivity index (χ0) is 19.6. The molecule has 1 aliphatic carbocycles. The van der Waals surface area contributed by atoms with Crippen molar-refractivity contribution in [1.29, 1.82) is 0 Å². The first-order valence-corrected chi connectivity index (χ1v) is 10.8. The maximum Gasteiger partial charge on any atom is 0.233 e. The number of anilines is 1. The molecule has 0 unspecified atom stereocenters. The summed E-state index contributed by atoms with van der Waals surface area (Å²) >= 11 is 6.00. The van der Waals surface area contributed by atoms with Crippen molar-refractivity contribution in [3.63, 3.8) is 0 Å². The number of sulfone groups is 1. The van der Waals surface area contributed by atoms with Crippen LogP contribution in [0.1, 0.15) is 52.7 Å². The van der Waals surface area contributed by atoms with Crippen molar-refractivity contribution in [2.75, 3.05) is 16.9 Å². The average molecular weight is 411 g/mol.